The topological polar surface area (TPSA) is 183 Å². The predicted molar refractivity (Wildman–Crippen MR) is 296 cm³/mol. The lowest BCUT2D eigenvalue weighted by atomic mass is 9.66. The second kappa shape index (κ2) is 22.2. The summed E-state index contributed by atoms with van der Waals surface area (Å²) in [7, 11) is 3.63. The van der Waals surface area contributed by atoms with Crippen LogP contribution in [0, 0.1) is 34.3 Å². The zero-order chi connectivity index (χ0) is 54.0. The maximum absolute atomic E-state index is 15.5. The van der Waals surface area contributed by atoms with Crippen molar-refractivity contribution in [1.29, 1.82) is 0 Å². The summed E-state index contributed by atoms with van der Waals surface area (Å²) in [6.07, 6.45) is 11.2. The molecule has 21 heteroatoms. The van der Waals surface area contributed by atoms with Gasteiger partial charge in [-0.15, -0.1) is 12.4 Å². The molecule has 78 heavy (non-hydrogen) atoms. The van der Waals surface area contributed by atoms with Gasteiger partial charge in [0.2, 0.25) is 23.6 Å². The van der Waals surface area contributed by atoms with Gasteiger partial charge < -0.3 is 24.8 Å². The van der Waals surface area contributed by atoms with E-state index in [1.54, 1.807) is 9.36 Å². The number of ether oxygens (including phenoxy) is 1. The Morgan fingerprint density at radius 2 is 1.04 bits per heavy atom. The first-order chi connectivity index (χ1) is 36.8. The van der Waals surface area contributed by atoms with Crippen molar-refractivity contribution in [3.63, 3.8) is 0 Å². The lowest BCUT2D eigenvalue weighted by molar-refractivity contribution is -0.135. The lowest BCUT2D eigenvalue weighted by Gasteiger charge is -2.53. The SMILES string of the molecule is Cl.Cn1nc(C2CCC(=O)NC2=O)c2cc(F)c(N3CCN(CC4CCC5(CC4)CN(C(=O)OC(C)(C)C)C5)CC3)cc21.Cn1nc(C2CCC(=O)NC2=O)c2cc(F)c(N3CCN(CC4CCC5(CC4)CNC5)CC3)cc21. The van der Waals surface area contributed by atoms with Gasteiger partial charge in [-0.3, -0.25) is 49.0 Å². The second-order valence-electron chi connectivity index (χ2n) is 25.1. The zero-order valence-electron chi connectivity index (χ0n) is 46.1. The number of imide groups is 2. The summed E-state index contributed by atoms with van der Waals surface area (Å²) in [5.74, 6) is -1.47. The van der Waals surface area contributed by atoms with Gasteiger partial charge in [0.1, 0.15) is 17.2 Å². The molecule has 2 saturated carbocycles. The van der Waals surface area contributed by atoms with Crippen LogP contribution in [0.3, 0.4) is 0 Å². The third-order valence-corrected chi connectivity index (χ3v) is 18.5. The fraction of sp³-hybridized carbons (Fsp3) is 0.667. The van der Waals surface area contributed by atoms with E-state index >= 15 is 8.78 Å². The Hall–Kier alpha value is -5.44. The number of carbonyl (C=O) groups excluding carboxylic acids is 5. The molecule has 5 amide bonds. The van der Waals surface area contributed by atoms with Crippen molar-refractivity contribution in [1.82, 2.24) is 50.2 Å². The predicted octanol–water partition coefficient (Wildman–Crippen LogP) is 6.34. The summed E-state index contributed by atoms with van der Waals surface area (Å²) in [4.78, 5) is 71.5. The van der Waals surface area contributed by atoms with E-state index in [-0.39, 0.29) is 72.0 Å². The van der Waals surface area contributed by atoms with Crippen LogP contribution < -0.4 is 25.8 Å². The molecule has 2 spiro atoms. The molecule has 2 aromatic heterocycles. The van der Waals surface area contributed by atoms with Crippen LogP contribution in [-0.4, -0.2) is 161 Å². The standard InChI is InChI=1S/C31H43FN6O4.C26H35FN6O2.ClH/c1-30(2,3)42-29(41)38-18-31(19-38)9-7-20(8-10-31)17-36-11-13-37(14-12-36)25-16-24-22(15-23(25)32)27(34-35(24)4)21-5-6-26(39)33-28(21)40;1-31-21-13-22(20(27)12-19(21)24(30-31)18-2-3-23(34)29-25(18)35)33-10-8-32(9-11-33)14-17-4-6-26(7-5-17)15-28-16-26;/h15-16,20-21H,5-14,17-19H2,1-4H3,(H,33,39,40);12-13,17-18,28H,2-11,14-16H2,1H3,(H,29,34,35);1H. The number of aromatic nitrogens is 4. The Balaban J connectivity index is 0.000000177. The number of aryl methyl sites for hydroxylation is 2. The highest BCUT2D eigenvalue weighted by atomic mass is 35.5. The smallest absolute Gasteiger partial charge is 0.410 e. The highest BCUT2D eigenvalue weighted by molar-refractivity contribution is 6.03. The Morgan fingerprint density at radius 3 is 1.41 bits per heavy atom. The molecule has 8 fully saturated rings. The number of halogens is 3. The van der Waals surface area contributed by atoms with Crippen LogP contribution >= 0.6 is 12.4 Å². The van der Waals surface area contributed by atoms with Crippen LogP contribution in [0.4, 0.5) is 25.0 Å². The first-order valence-corrected chi connectivity index (χ1v) is 28.4. The third-order valence-electron chi connectivity index (χ3n) is 18.5. The summed E-state index contributed by atoms with van der Waals surface area (Å²) in [5, 5.41) is 18.6. The van der Waals surface area contributed by atoms with Crippen molar-refractivity contribution >= 4 is 75.3 Å². The van der Waals surface area contributed by atoms with Crippen LogP contribution in [0.1, 0.15) is 121 Å². The Kier molecular flexibility index (Phi) is 15.9. The Morgan fingerprint density at radius 1 is 0.628 bits per heavy atom. The van der Waals surface area contributed by atoms with E-state index in [9.17, 15) is 24.0 Å². The molecule has 0 bridgehead atoms. The van der Waals surface area contributed by atoms with Crippen LogP contribution in [0.25, 0.3) is 21.8 Å². The molecule has 2 atom stereocenters. The summed E-state index contributed by atoms with van der Waals surface area (Å²) in [5.41, 5.74) is 4.26. The summed E-state index contributed by atoms with van der Waals surface area (Å²) in [6, 6.07) is 6.75. The van der Waals surface area contributed by atoms with E-state index in [0.29, 0.717) is 57.7 Å². The van der Waals surface area contributed by atoms with Gasteiger partial charge in [-0.1, -0.05) is 0 Å². The quantitative estimate of drug-likeness (QED) is 0.167. The molecule has 12 rings (SSSR count). The number of rotatable bonds is 8. The van der Waals surface area contributed by atoms with Gasteiger partial charge in [-0.25, -0.2) is 13.6 Å². The van der Waals surface area contributed by atoms with Crippen LogP contribution in [-0.2, 0) is 38.0 Å². The maximum atomic E-state index is 15.5. The van der Waals surface area contributed by atoms with E-state index in [4.69, 9.17) is 4.74 Å². The van der Waals surface area contributed by atoms with Crippen molar-refractivity contribution in [2.75, 3.05) is 101 Å². The number of carbonyl (C=O) groups is 5. The van der Waals surface area contributed by atoms with E-state index in [2.05, 4.69) is 45.7 Å². The molecule has 8 aliphatic rings. The van der Waals surface area contributed by atoms with Gasteiger partial charge in [0.15, 0.2) is 0 Å². The van der Waals surface area contributed by atoms with Gasteiger partial charge >= 0.3 is 6.09 Å². The van der Waals surface area contributed by atoms with Gasteiger partial charge in [-0.05, 0) is 126 Å². The average molecular weight is 1100 g/mol. The summed E-state index contributed by atoms with van der Waals surface area (Å²) >= 11 is 0. The second-order valence-corrected chi connectivity index (χ2v) is 25.1. The normalized spacial score (nSPS) is 25.1. The number of hydrogen-bond acceptors (Lipinski definition) is 13. The van der Waals surface area contributed by atoms with Crippen molar-refractivity contribution in [3.05, 3.63) is 47.3 Å². The average Bonchev–Trinajstić information content (AvgIpc) is 3.93. The monoisotopic (exact) mass is 1100 g/mol. The molecule has 2 unspecified atom stereocenters. The van der Waals surface area contributed by atoms with Crippen molar-refractivity contribution in [3.8, 4) is 0 Å². The molecule has 0 radical (unpaired) electrons. The van der Waals surface area contributed by atoms with Crippen molar-refractivity contribution < 1.29 is 37.5 Å². The summed E-state index contributed by atoms with van der Waals surface area (Å²) < 4.78 is 39.8. The molecule has 8 heterocycles. The molecule has 3 N–H and O–H groups in total. The first-order valence-electron chi connectivity index (χ1n) is 28.4. The van der Waals surface area contributed by atoms with E-state index in [0.717, 1.165) is 108 Å². The molecular formula is C57H79ClF2N12O6. The number of hydrogen-bond donors (Lipinski definition) is 3. The Bertz CT molecular complexity index is 2910. The number of fused-ring (bicyclic) bond motifs is 2. The Labute approximate surface area is 462 Å². The van der Waals surface area contributed by atoms with Gasteiger partial charge in [0.25, 0.3) is 0 Å². The van der Waals surface area contributed by atoms with Crippen LogP contribution in [0.2, 0.25) is 0 Å². The highest BCUT2D eigenvalue weighted by Crippen LogP contribution is 2.47. The first kappa shape index (κ1) is 55.9. The molecular weight excluding hydrogens is 1020 g/mol. The molecule has 18 nitrogen and oxygen atoms in total. The minimum atomic E-state index is -0.553. The number of nitrogens with one attached hydrogen (secondary N) is 3. The largest absolute Gasteiger partial charge is 0.444 e. The minimum Gasteiger partial charge on any atom is -0.444 e. The number of anilines is 2. The molecule has 4 aromatic rings. The molecule has 2 aliphatic carbocycles. The van der Waals surface area contributed by atoms with Crippen molar-refractivity contribution in [2.24, 2.45) is 36.8 Å². The number of benzene rings is 2. The molecule has 6 aliphatic heterocycles. The summed E-state index contributed by atoms with van der Waals surface area (Å²) in [6.45, 7) is 18.8. The fourth-order valence-electron chi connectivity index (χ4n) is 13.9. The molecule has 2 aromatic carbocycles. The van der Waals surface area contributed by atoms with Gasteiger partial charge in [-0.2, -0.15) is 10.2 Å². The van der Waals surface area contributed by atoms with E-state index in [1.165, 1.54) is 63.7 Å². The number of nitrogens with zero attached hydrogens (tertiary/aromatic N) is 9. The number of piperidine rings is 2. The van der Waals surface area contributed by atoms with Crippen LogP contribution in [0.15, 0.2) is 24.3 Å². The number of likely N-dealkylation sites (tertiary alicyclic amines) is 1. The van der Waals surface area contributed by atoms with Crippen LogP contribution in [0.5, 0.6) is 0 Å². The molecule has 424 valence electrons. The van der Waals surface area contributed by atoms with Crippen molar-refractivity contribution in [2.45, 2.75) is 115 Å². The number of piperazine rings is 2. The van der Waals surface area contributed by atoms with Gasteiger partial charge in [0, 0.05) is 135 Å². The van der Waals surface area contributed by atoms with Gasteiger partial charge in [0.05, 0.1) is 45.6 Å². The maximum Gasteiger partial charge on any atom is 0.410 e. The highest BCUT2D eigenvalue weighted by Gasteiger charge is 2.48. The molecule has 6 saturated heterocycles. The lowest BCUT2D eigenvalue weighted by Crippen LogP contribution is -2.60. The number of amides is 5. The third kappa shape index (κ3) is 11.6. The van der Waals surface area contributed by atoms with E-state index < -0.39 is 17.4 Å². The minimum absolute atomic E-state index is 0. The zero-order valence-corrected chi connectivity index (χ0v) is 47.0. The fourth-order valence-corrected chi connectivity index (χ4v) is 13.9. The van der Waals surface area contributed by atoms with E-state index in [1.807, 2.05) is 51.9 Å².